The average Bonchev–Trinajstić information content (AvgIpc) is 2.39. The summed E-state index contributed by atoms with van der Waals surface area (Å²) in [5.74, 6) is -0.156. The second kappa shape index (κ2) is 6.55. The van der Waals surface area contributed by atoms with E-state index in [0.29, 0.717) is 11.4 Å². The summed E-state index contributed by atoms with van der Waals surface area (Å²) in [4.78, 5) is 20.1. The zero-order chi connectivity index (χ0) is 17.2. The Bertz CT molecular complexity index is 808. The maximum atomic E-state index is 12.3. The van der Waals surface area contributed by atoms with Gasteiger partial charge in [0.1, 0.15) is 4.91 Å². The number of rotatable bonds is 3. The number of anilines is 1. The van der Waals surface area contributed by atoms with Crippen LogP contribution >= 0.6 is 12.2 Å². The van der Waals surface area contributed by atoms with Crippen LogP contribution in [0.3, 0.4) is 0 Å². The first kappa shape index (κ1) is 17.2. The number of urea groups is 1. The van der Waals surface area contributed by atoms with Crippen LogP contribution in [-0.4, -0.2) is 29.3 Å². The molecule has 1 aromatic rings. The Labute approximate surface area is 140 Å². The highest BCUT2D eigenvalue weighted by atomic mass is 32.2. The number of carbonyl (C=O) groups is 1. The van der Waals surface area contributed by atoms with E-state index >= 15 is 0 Å². The smallest absolute Gasteiger partial charge is 0.275 e. The van der Waals surface area contributed by atoms with Crippen molar-refractivity contribution < 1.29 is 13.2 Å². The first-order chi connectivity index (χ1) is 10.7. The number of thiocarbonyl (C=S) groups is 1. The highest BCUT2D eigenvalue weighted by Crippen LogP contribution is 2.20. The first-order valence-corrected chi connectivity index (χ1v) is 8.67. The van der Waals surface area contributed by atoms with Crippen molar-refractivity contribution >= 4 is 39.1 Å². The number of carbonyl (C=O) groups excluding carboxylic acids is 1. The molecule has 1 atom stereocenters. The van der Waals surface area contributed by atoms with Crippen LogP contribution in [0.15, 0.2) is 29.2 Å². The number of aryl methyl sites for hydroxylation is 2. The van der Waals surface area contributed by atoms with Crippen molar-refractivity contribution in [1.82, 2.24) is 14.7 Å². The van der Waals surface area contributed by atoms with Crippen LogP contribution in [0.25, 0.3) is 0 Å². The highest BCUT2D eigenvalue weighted by molar-refractivity contribution is 7.97. The summed E-state index contributed by atoms with van der Waals surface area (Å²) in [6.45, 7) is 5.27. The van der Waals surface area contributed by atoms with Gasteiger partial charge in [-0.05, 0) is 26.0 Å². The number of nitrogens with one attached hydrogen (secondary N) is 2. The van der Waals surface area contributed by atoms with Gasteiger partial charge in [-0.25, -0.2) is 27.9 Å². The second-order valence-electron chi connectivity index (χ2n) is 5.10. The third kappa shape index (κ3) is 4.20. The lowest BCUT2D eigenvalue weighted by molar-refractivity contribution is 0.256. The summed E-state index contributed by atoms with van der Waals surface area (Å²) in [5.41, 5.74) is 1.32. The molecule has 0 saturated carbocycles. The Morgan fingerprint density at radius 1 is 1.26 bits per heavy atom. The lowest BCUT2D eigenvalue weighted by atomic mass is 10.0. The molecule has 0 aromatic carbocycles. The predicted molar refractivity (Wildman–Crippen MR) is 91.6 cm³/mol. The van der Waals surface area contributed by atoms with Gasteiger partial charge >= 0.3 is 6.03 Å². The summed E-state index contributed by atoms with van der Waals surface area (Å²) in [6.07, 6.45) is 4.75. The molecule has 122 valence electrons. The molecule has 1 aliphatic rings. The normalized spacial score (nSPS) is 17.6. The average molecular weight is 352 g/mol. The van der Waals surface area contributed by atoms with Gasteiger partial charge in [-0.2, -0.15) is 0 Å². The minimum Gasteiger partial charge on any atom is -0.275 e. The van der Waals surface area contributed by atoms with E-state index in [1.165, 1.54) is 6.08 Å². The third-order valence-electron chi connectivity index (χ3n) is 3.03. The SMILES string of the molecule is Cc1cc(C)nc(NC(=O)NS(=O)(=O)C2=CC=CC(C)C2=S)n1. The van der Waals surface area contributed by atoms with Gasteiger partial charge in [0.25, 0.3) is 10.0 Å². The van der Waals surface area contributed by atoms with Crippen molar-refractivity contribution in [3.05, 3.63) is 40.6 Å². The molecule has 0 radical (unpaired) electrons. The van der Waals surface area contributed by atoms with Crippen LogP contribution < -0.4 is 10.0 Å². The van der Waals surface area contributed by atoms with E-state index in [1.807, 2.05) is 4.72 Å². The number of nitrogens with zero attached hydrogens (tertiary/aromatic N) is 2. The molecule has 0 spiro atoms. The maximum absolute atomic E-state index is 12.3. The fourth-order valence-corrected chi connectivity index (χ4v) is 3.60. The molecule has 0 fully saturated rings. The molecular weight excluding hydrogens is 336 g/mol. The van der Waals surface area contributed by atoms with Gasteiger partial charge < -0.3 is 0 Å². The molecule has 1 unspecified atom stereocenters. The molecule has 2 rings (SSSR count). The summed E-state index contributed by atoms with van der Waals surface area (Å²) >= 11 is 5.12. The quantitative estimate of drug-likeness (QED) is 0.807. The van der Waals surface area contributed by atoms with Crippen molar-refractivity contribution in [1.29, 1.82) is 0 Å². The molecule has 2 amide bonds. The topological polar surface area (TPSA) is 101 Å². The maximum Gasteiger partial charge on any atom is 0.335 e. The van der Waals surface area contributed by atoms with Crippen LogP contribution in [0.1, 0.15) is 18.3 Å². The van der Waals surface area contributed by atoms with Gasteiger partial charge in [0.05, 0.1) is 0 Å². The molecular formula is C14H16N4O3S2. The number of sulfonamides is 1. The fourth-order valence-electron chi connectivity index (χ4n) is 2.01. The molecule has 2 N–H and O–H groups in total. The molecule has 1 aromatic heterocycles. The molecule has 9 heteroatoms. The van der Waals surface area contributed by atoms with Gasteiger partial charge in [0.2, 0.25) is 5.95 Å². The molecule has 0 bridgehead atoms. The van der Waals surface area contributed by atoms with Gasteiger partial charge in [-0.15, -0.1) is 0 Å². The van der Waals surface area contributed by atoms with E-state index in [4.69, 9.17) is 12.2 Å². The van der Waals surface area contributed by atoms with E-state index in [-0.39, 0.29) is 21.6 Å². The molecule has 1 heterocycles. The summed E-state index contributed by atoms with van der Waals surface area (Å²) in [6, 6.07) is 0.791. The zero-order valence-electron chi connectivity index (χ0n) is 12.8. The van der Waals surface area contributed by atoms with Gasteiger partial charge in [-0.3, -0.25) is 5.32 Å². The standard InChI is InChI=1S/C14H16N4O3S2/c1-8-5-4-6-11(12(8)22)23(20,21)18-14(19)17-13-15-9(2)7-10(3)16-13/h4-8H,1-3H3,(H2,15,16,17,18,19). The molecule has 7 nitrogen and oxygen atoms in total. The molecule has 0 aliphatic heterocycles. The van der Waals surface area contributed by atoms with Crippen molar-refractivity contribution in [3.63, 3.8) is 0 Å². The number of hydrogen-bond acceptors (Lipinski definition) is 6. The van der Waals surface area contributed by atoms with Crippen molar-refractivity contribution in [2.45, 2.75) is 20.8 Å². The zero-order valence-corrected chi connectivity index (χ0v) is 14.5. The van der Waals surface area contributed by atoms with Crippen molar-refractivity contribution in [2.24, 2.45) is 5.92 Å². The number of aromatic nitrogens is 2. The van der Waals surface area contributed by atoms with Crippen molar-refractivity contribution in [3.8, 4) is 0 Å². The number of allylic oxidation sites excluding steroid dienone is 4. The molecule has 23 heavy (non-hydrogen) atoms. The third-order valence-corrected chi connectivity index (χ3v) is 5.14. The van der Waals surface area contributed by atoms with Crippen LogP contribution in [0, 0.1) is 19.8 Å². The minimum atomic E-state index is -4.05. The number of hydrogen-bond donors (Lipinski definition) is 2. The van der Waals surface area contributed by atoms with Crippen LogP contribution in [0.2, 0.25) is 0 Å². The first-order valence-electron chi connectivity index (χ1n) is 6.78. The van der Waals surface area contributed by atoms with E-state index in [9.17, 15) is 13.2 Å². The molecule has 0 saturated heterocycles. The van der Waals surface area contributed by atoms with Gasteiger partial charge in [0.15, 0.2) is 0 Å². The van der Waals surface area contributed by atoms with E-state index < -0.39 is 16.1 Å². The lowest BCUT2D eigenvalue weighted by Crippen LogP contribution is -2.38. The Hall–Kier alpha value is -2.13. The lowest BCUT2D eigenvalue weighted by Gasteiger charge is -2.17. The van der Waals surface area contributed by atoms with Crippen LogP contribution in [0.4, 0.5) is 10.7 Å². The van der Waals surface area contributed by atoms with Gasteiger partial charge in [0, 0.05) is 22.2 Å². The van der Waals surface area contributed by atoms with Crippen LogP contribution in [-0.2, 0) is 10.0 Å². The van der Waals surface area contributed by atoms with Crippen molar-refractivity contribution in [2.75, 3.05) is 5.32 Å². The minimum absolute atomic E-state index is 0.0312. The second-order valence-corrected chi connectivity index (χ2v) is 7.19. The Balaban J connectivity index is 2.14. The molecule has 1 aliphatic carbocycles. The highest BCUT2D eigenvalue weighted by Gasteiger charge is 2.27. The predicted octanol–water partition coefficient (Wildman–Crippen LogP) is 2.00. The Morgan fingerprint density at radius 3 is 2.48 bits per heavy atom. The Morgan fingerprint density at radius 2 is 1.87 bits per heavy atom. The largest absolute Gasteiger partial charge is 0.335 e. The Kier molecular flexibility index (Phi) is 4.90. The van der Waals surface area contributed by atoms with Gasteiger partial charge in [-0.1, -0.05) is 31.3 Å². The summed E-state index contributed by atoms with van der Waals surface area (Å²) in [7, 11) is -4.05. The van der Waals surface area contributed by atoms with E-state index in [2.05, 4.69) is 15.3 Å². The van der Waals surface area contributed by atoms with E-state index in [0.717, 1.165) is 0 Å². The number of amides is 2. The van der Waals surface area contributed by atoms with Crippen LogP contribution in [0.5, 0.6) is 0 Å². The summed E-state index contributed by atoms with van der Waals surface area (Å²) in [5, 5.41) is 2.30. The fraction of sp³-hybridized carbons (Fsp3) is 0.286. The van der Waals surface area contributed by atoms with E-state index in [1.54, 1.807) is 39.0 Å². The summed E-state index contributed by atoms with van der Waals surface area (Å²) < 4.78 is 26.5. The monoisotopic (exact) mass is 352 g/mol.